The molecule has 21 heavy (non-hydrogen) atoms. The molecule has 0 saturated heterocycles. The topological polar surface area (TPSA) is 60.2 Å². The number of hydrogen-bond donors (Lipinski definition) is 1. The van der Waals surface area contributed by atoms with E-state index in [0.717, 1.165) is 36.5 Å². The monoisotopic (exact) mass is 291 g/mol. The Morgan fingerprint density at radius 1 is 1.14 bits per heavy atom. The van der Waals surface area contributed by atoms with Gasteiger partial charge in [-0.15, -0.1) is 5.10 Å². The third-order valence-electron chi connectivity index (χ3n) is 5.97. The molecule has 5 rings (SSSR count). The van der Waals surface area contributed by atoms with E-state index in [1.165, 1.54) is 38.5 Å². The van der Waals surface area contributed by atoms with Crippen LogP contribution in [0.1, 0.15) is 50.8 Å². The van der Waals surface area contributed by atoms with Gasteiger partial charge in [-0.3, -0.25) is 4.57 Å². The average Bonchev–Trinajstić information content (AvgIpc) is 2.80. The van der Waals surface area contributed by atoms with Crippen molar-refractivity contribution in [3.63, 3.8) is 0 Å². The number of ether oxygens (including phenoxy) is 1. The van der Waals surface area contributed by atoms with E-state index in [-0.39, 0.29) is 11.4 Å². The lowest BCUT2D eigenvalue weighted by Gasteiger charge is -2.56. The van der Waals surface area contributed by atoms with Gasteiger partial charge >= 0.3 is 6.01 Å². The van der Waals surface area contributed by atoms with Crippen LogP contribution < -0.4 is 0 Å². The summed E-state index contributed by atoms with van der Waals surface area (Å²) in [6.45, 7) is 1.46. The number of aromatic hydroxyl groups is 1. The van der Waals surface area contributed by atoms with Crippen molar-refractivity contribution in [2.45, 2.75) is 56.9 Å². The Balaban J connectivity index is 1.64. The van der Waals surface area contributed by atoms with Gasteiger partial charge in [0.15, 0.2) is 0 Å². The number of aromatic nitrogens is 3. The Kier molecular flexibility index (Phi) is 3.21. The minimum absolute atomic E-state index is 0.0804. The zero-order valence-corrected chi connectivity index (χ0v) is 12.8. The number of rotatable bonds is 5. The molecule has 116 valence electrons. The molecule has 4 fully saturated rings. The van der Waals surface area contributed by atoms with Gasteiger partial charge in [0.25, 0.3) is 0 Å². The van der Waals surface area contributed by atoms with Gasteiger partial charge < -0.3 is 9.84 Å². The molecule has 0 spiro atoms. The lowest BCUT2D eigenvalue weighted by Crippen LogP contribution is -2.49. The van der Waals surface area contributed by atoms with E-state index in [1.807, 2.05) is 4.57 Å². The minimum Gasteiger partial charge on any atom is -0.479 e. The molecule has 4 aliphatic carbocycles. The molecule has 4 bridgehead atoms. The number of nitrogens with zero attached hydrogens (tertiary/aromatic N) is 3. The van der Waals surface area contributed by atoms with Crippen molar-refractivity contribution in [2.24, 2.45) is 17.8 Å². The molecule has 0 radical (unpaired) electrons. The summed E-state index contributed by atoms with van der Waals surface area (Å²) in [4.78, 5) is 0. The van der Waals surface area contributed by atoms with Crippen LogP contribution in [0.25, 0.3) is 0 Å². The molecule has 0 atom stereocenters. The molecule has 1 heterocycles. The van der Waals surface area contributed by atoms with E-state index in [2.05, 4.69) is 10.2 Å². The van der Waals surface area contributed by atoms with Crippen molar-refractivity contribution in [2.75, 3.05) is 13.7 Å². The van der Waals surface area contributed by atoms with Gasteiger partial charge in [0, 0.05) is 25.7 Å². The first kappa shape index (κ1) is 13.6. The van der Waals surface area contributed by atoms with Crippen LogP contribution in [-0.2, 0) is 16.7 Å². The number of methoxy groups -OCH3 is 1. The molecule has 1 N–H and O–H groups in total. The first-order valence-electron chi connectivity index (χ1n) is 8.32. The molecule has 4 saturated carbocycles. The van der Waals surface area contributed by atoms with Gasteiger partial charge in [0.1, 0.15) is 5.82 Å². The van der Waals surface area contributed by atoms with E-state index in [1.54, 1.807) is 7.11 Å². The maximum atomic E-state index is 10.1. The van der Waals surface area contributed by atoms with E-state index in [9.17, 15) is 5.11 Å². The Labute approximate surface area is 125 Å². The van der Waals surface area contributed by atoms with Crippen LogP contribution in [0.5, 0.6) is 6.01 Å². The molecule has 5 nitrogen and oxygen atoms in total. The van der Waals surface area contributed by atoms with Gasteiger partial charge in [-0.1, -0.05) is 5.10 Å². The highest BCUT2D eigenvalue weighted by Gasteiger charge is 2.53. The van der Waals surface area contributed by atoms with Gasteiger partial charge in [-0.05, 0) is 62.7 Å². The number of hydrogen-bond acceptors (Lipinski definition) is 4. The van der Waals surface area contributed by atoms with E-state index >= 15 is 0 Å². The van der Waals surface area contributed by atoms with Gasteiger partial charge in [-0.25, -0.2) is 0 Å². The third kappa shape index (κ3) is 2.17. The Bertz CT molecular complexity index is 490. The van der Waals surface area contributed by atoms with E-state index in [4.69, 9.17) is 4.74 Å². The Morgan fingerprint density at radius 2 is 1.76 bits per heavy atom. The Morgan fingerprint density at radius 3 is 2.33 bits per heavy atom. The van der Waals surface area contributed by atoms with Crippen molar-refractivity contribution in [1.29, 1.82) is 0 Å². The molecule has 0 aliphatic heterocycles. The molecule has 0 aromatic carbocycles. The highest BCUT2D eigenvalue weighted by Crippen LogP contribution is 2.60. The van der Waals surface area contributed by atoms with Gasteiger partial charge in [0.2, 0.25) is 0 Å². The fourth-order valence-electron chi connectivity index (χ4n) is 5.64. The summed E-state index contributed by atoms with van der Waals surface area (Å²) in [5.41, 5.74) is 0.190. The molecule has 0 amide bonds. The summed E-state index contributed by atoms with van der Waals surface area (Å²) in [5, 5.41) is 18.5. The zero-order valence-electron chi connectivity index (χ0n) is 12.8. The summed E-state index contributed by atoms with van der Waals surface area (Å²) >= 11 is 0. The van der Waals surface area contributed by atoms with Crippen LogP contribution >= 0.6 is 0 Å². The second kappa shape index (κ2) is 4.97. The standard InChI is InChI=1S/C16H25N3O2/c1-21-4-2-3-19-14(17-18-15(19)20)16-8-11-5-12(9-16)7-13(6-11)10-16/h11-13H,2-10H2,1H3,(H,18,20). The fourth-order valence-corrected chi connectivity index (χ4v) is 5.64. The second-order valence-electron chi connectivity index (χ2n) is 7.52. The van der Waals surface area contributed by atoms with Crippen LogP contribution in [-0.4, -0.2) is 33.6 Å². The summed E-state index contributed by atoms with van der Waals surface area (Å²) < 4.78 is 7.08. The average molecular weight is 291 g/mol. The van der Waals surface area contributed by atoms with Crippen molar-refractivity contribution in [3.8, 4) is 6.01 Å². The molecule has 1 aromatic rings. The van der Waals surface area contributed by atoms with E-state index in [0.29, 0.717) is 6.61 Å². The first-order valence-corrected chi connectivity index (χ1v) is 8.32. The maximum Gasteiger partial charge on any atom is 0.314 e. The first-order chi connectivity index (χ1) is 10.2. The van der Waals surface area contributed by atoms with Crippen LogP contribution in [0, 0.1) is 17.8 Å². The zero-order chi connectivity index (χ0) is 14.4. The van der Waals surface area contributed by atoms with Crippen molar-refractivity contribution >= 4 is 0 Å². The molecular formula is C16H25N3O2. The normalized spacial score (nSPS) is 37.3. The largest absolute Gasteiger partial charge is 0.479 e. The predicted molar refractivity (Wildman–Crippen MR) is 78.0 cm³/mol. The SMILES string of the molecule is COCCCn1c(O)nnc1C12CC3CC(CC(C3)C1)C2. The molecule has 4 aliphatic rings. The molecular weight excluding hydrogens is 266 g/mol. The molecule has 1 aromatic heterocycles. The van der Waals surface area contributed by atoms with E-state index < -0.39 is 0 Å². The van der Waals surface area contributed by atoms with Crippen molar-refractivity contribution in [1.82, 2.24) is 14.8 Å². The van der Waals surface area contributed by atoms with Crippen LogP contribution in [0.4, 0.5) is 0 Å². The highest BCUT2D eigenvalue weighted by molar-refractivity contribution is 5.19. The van der Waals surface area contributed by atoms with Crippen LogP contribution in [0.15, 0.2) is 0 Å². The quantitative estimate of drug-likeness (QED) is 0.847. The minimum atomic E-state index is 0.0804. The van der Waals surface area contributed by atoms with Crippen LogP contribution in [0.2, 0.25) is 0 Å². The Hall–Kier alpha value is -1.10. The smallest absolute Gasteiger partial charge is 0.314 e. The second-order valence-corrected chi connectivity index (χ2v) is 7.52. The summed E-state index contributed by atoms with van der Waals surface area (Å²) in [6, 6.07) is 0.0804. The third-order valence-corrected chi connectivity index (χ3v) is 5.97. The van der Waals surface area contributed by atoms with Gasteiger partial charge in [-0.2, -0.15) is 0 Å². The molecule has 0 unspecified atom stereocenters. The summed E-state index contributed by atoms with van der Waals surface area (Å²) in [6.07, 6.45) is 8.90. The fraction of sp³-hybridized carbons (Fsp3) is 0.875. The highest BCUT2D eigenvalue weighted by atomic mass is 16.5. The van der Waals surface area contributed by atoms with Crippen molar-refractivity contribution < 1.29 is 9.84 Å². The summed E-state index contributed by atoms with van der Waals surface area (Å²) in [5.74, 6) is 3.68. The maximum absolute atomic E-state index is 10.1. The summed E-state index contributed by atoms with van der Waals surface area (Å²) in [7, 11) is 1.71. The predicted octanol–water partition coefficient (Wildman–Crippen LogP) is 2.49. The van der Waals surface area contributed by atoms with Crippen LogP contribution in [0.3, 0.4) is 0 Å². The van der Waals surface area contributed by atoms with Gasteiger partial charge in [0.05, 0.1) is 0 Å². The lowest BCUT2D eigenvalue weighted by atomic mass is 9.49. The van der Waals surface area contributed by atoms with Crippen molar-refractivity contribution in [3.05, 3.63) is 5.82 Å². The lowest BCUT2D eigenvalue weighted by molar-refractivity contribution is -0.0115. The molecule has 5 heteroatoms.